The van der Waals surface area contributed by atoms with E-state index in [1.807, 2.05) is 20.8 Å². The van der Waals surface area contributed by atoms with Gasteiger partial charge in [-0.1, -0.05) is 23.2 Å². The Bertz CT molecular complexity index is 778. The van der Waals surface area contributed by atoms with Crippen LogP contribution in [0.2, 0.25) is 10.0 Å². The highest BCUT2D eigenvalue weighted by Crippen LogP contribution is 2.20. The average Bonchev–Trinajstić information content (AvgIpc) is 2.60. The molecule has 1 aromatic carbocycles. The maximum Gasteiger partial charge on any atom is 0.253 e. The minimum absolute atomic E-state index is 0.103. The zero-order valence-corrected chi connectivity index (χ0v) is 18.4. The van der Waals surface area contributed by atoms with E-state index in [9.17, 15) is 19.2 Å². The van der Waals surface area contributed by atoms with Crippen molar-refractivity contribution in [2.45, 2.75) is 33.2 Å². The average molecular weight is 445 g/mol. The Hall–Kier alpha value is -2.32. The van der Waals surface area contributed by atoms with E-state index < -0.39 is 23.3 Å². The Kier molecular flexibility index (Phi) is 9.39. The molecule has 1 rings (SSSR count). The Morgan fingerprint density at radius 2 is 1.66 bits per heavy atom. The van der Waals surface area contributed by atoms with Crippen LogP contribution in [0.5, 0.6) is 0 Å². The number of hydrogen-bond donors (Lipinski definition) is 3. The van der Waals surface area contributed by atoms with Crippen LogP contribution in [0.3, 0.4) is 0 Å². The summed E-state index contributed by atoms with van der Waals surface area (Å²) >= 11 is 11.7. The standard InChI is InChI=1S/C19H26Cl2N4O4/c1-5-25(11-16(27)24-19(2,3)4)17(28)10-22-15(26)9-23-18(29)13-7-6-12(20)8-14(13)21/h6-8H,5,9-11H2,1-4H3,(H,22,26)(H,23,29)(H,24,27). The zero-order chi connectivity index (χ0) is 22.2. The molecule has 0 aromatic heterocycles. The SMILES string of the molecule is CCN(CC(=O)NC(C)(C)C)C(=O)CNC(=O)CNC(=O)c1ccc(Cl)cc1Cl. The van der Waals surface area contributed by atoms with E-state index >= 15 is 0 Å². The number of benzene rings is 1. The van der Waals surface area contributed by atoms with E-state index in [1.54, 1.807) is 6.92 Å². The topological polar surface area (TPSA) is 108 Å². The van der Waals surface area contributed by atoms with Gasteiger partial charge >= 0.3 is 0 Å². The van der Waals surface area contributed by atoms with Crippen LogP contribution in [-0.4, -0.2) is 60.2 Å². The zero-order valence-electron chi connectivity index (χ0n) is 16.9. The van der Waals surface area contributed by atoms with E-state index in [-0.39, 0.29) is 36.1 Å². The van der Waals surface area contributed by atoms with E-state index in [0.29, 0.717) is 11.6 Å². The number of carbonyl (C=O) groups excluding carboxylic acids is 4. The number of amides is 4. The largest absolute Gasteiger partial charge is 0.350 e. The van der Waals surface area contributed by atoms with E-state index in [2.05, 4.69) is 16.0 Å². The third-order valence-electron chi connectivity index (χ3n) is 3.61. The number of halogens is 2. The van der Waals surface area contributed by atoms with Gasteiger partial charge in [0.1, 0.15) is 0 Å². The first-order valence-electron chi connectivity index (χ1n) is 9.01. The van der Waals surface area contributed by atoms with E-state index in [4.69, 9.17) is 23.2 Å². The second-order valence-corrected chi connectivity index (χ2v) is 8.13. The van der Waals surface area contributed by atoms with Gasteiger partial charge in [-0.05, 0) is 45.9 Å². The molecule has 0 spiro atoms. The molecule has 1 aromatic rings. The van der Waals surface area contributed by atoms with Crippen molar-refractivity contribution in [1.29, 1.82) is 0 Å². The lowest BCUT2D eigenvalue weighted by Crippen LogP contribution is -2.49. The van der Waals surface area contributed by atoms with Gasteiger partial charge in [0.25, 0.3) is 5.91 Å². The smallest absolute Gasteiger partial charge is 0.253 e. The van der Waals surface area contributed by atoms with Crippen molar-refractivity contribution in [1.82, 2.24) is 20.9 Å². The first kappa shape index (κ1) is 24.7. The molecular formula is C19H26Cl2N4O4. The summed E-state index contributed by atoms with van der Waals surface area (Å²) in [7, 11) is 0. The van der Waals surface area contributed by atoms with E-state index in [0.717, 1.165) is 0 Å². The lowest BCUT2D eigenvalue weighted by Gasteiger charge is -2.25. The molecule has 0 bridgehead atoms. The van der Waals surface area contributed by atoms with Crippen LogP contribution >= 0.6 is 23.2 Å². The molecule has 0 atom stereocenters. The van der Waals surface area contributed by atoms with Crippen molar-refractivity contribution >= 4 is 46.8 Å². The van der Waals surface area contributed by atoms with Gasteiger partial charge in [-0.2, -0.15) is 0 Å². The first-order chi connectivity index (χ1) is 13.4. The fourth-order valence-electron chi connectivity index (χ4n) is 2.29. The summed E-state index contributed by atoms with van der Waals surface area (Å²) in [6, 6.07) is 4.38. The number of nitrogens with one attached hydrogen (secondary N) is 3. The van der Waals surface area contributed by atoms with Crippen molar-refractivity contribution in [2.75, 3.05) is 26.2 Å². The van der Waals surface area contributed by atoms with Gasteiger partial charge in [-0.3, -0.25) is 19.2 Å². The van der Waals surface area contributed by atoms with Crippen molar-refractivity contribution in [3.8, 4) is 0 Å². The van der Waals surface area contributed by atoms with Gasteiger partial charge in [0.05, 0.1) is 30.2 Å². The van der Waals surface area contributed by atoms with Crippen LogP contribution in [0, 0.1) is 0 Å². The lowest BCUT2D eigenvalue weighted by atomic mass is 10.1. The monoisotopic (exact) mass is 444 g/mol. The van der Waals surface area contributed by atoms with Gasteiger partial charge < -0.3 is 20.9 Å². The molecule has 10 heteroatoms. The van der Waals surface area contributed by atoms with Gasteiger partial charge in [0.15, 0.2) is 0 Å². The number of nitrogens with zero attached hydrogens (tertiary/aromatic N) is 1. The van der Waals surface area contributed by atoms with Crippen LogP contribution in [0.25, 0.3) is 0 Å². The summed E-state index contributed by atoms with van der Waals surface area (Å²) in [4.78, 5) is 49.5. The Balaban J connectivity index is 2.46. The van der Waals surface area contributed by atoms with Crippen LogP contribution in [0.4, 0.5) is 0 Å². The molecule has 3 N–H and O–H groups in total. The van der Waals surface area contributed by atoms with Crippen LogP contribution in [0.1, 0.15) is 38.1 Å². The minimum Gasteiger partial charge on any atom is -0.350 e. The van der Waals surface area contributed by atoms with Gasteiger partial charge in [0, 0.05) is 17.1 Å². The first-order valence-corrected chi connectivity index (χ1v) is 9.77. The summed E-state index contributed by atoms with van der Waals surface area (Å²) in [5.41, 5.74) is -0.221. The Morgan fingerprint density at radius 1 is 1.00 bits per heavy atom. The van der Waals surface area contributed by atoms with Crippen molar-refractivity contribution in [3.63, 3.8) is 0 Å². The van der Waals surface area contributed by atoms with Crippen molar-refractivity contribution < 1.29 is 19.2 Å². The fraction of sp³-hybridized carbons (Fsp3) is 0.474. The summed E-state index contributed by atoms with van der Waals surface area (Å²) in [5.74, 6) is -1.78. The molecule has 0 saturated heterocycles. The summed E-state index contributed by atoms with van der Waals surface area (Å²) < 4.78 is 0. The fourth-order valence-corrected chi connectivity index (χ4v) is 2.78. The summed E-state index contributed by atoms with van der Waals surface area (Å²) in [6.45, 7) is 6.86. The molecule has 0 fully saturated rings. The van der Waals surface area contributed by atoms with Crippen molar-refractivity contribution in [3.05, 3.63) is 33.8 Å². The minimum atomic E-state index is -0.549. The maximum absolute atomic E-state index is 12.2. The Morgan fingerprint density at radius 3 is 2.21 bits per heavy atom. The lowest BCUT2D eigenvalue weighted by molar-refractivity contribution is -0.136. The molecule has 0 unspecified atom stereocenters. The highest BCUT2D eigenvalue weighted by molar-refractivity contribution is 6.36. The highest BCUT2D eigenvalue weighted by atomic mass is 35.5. The summed E-state index contributed by atoms with van der Waals surface area (Å²) in [5, 5.41) is 8.16. The third kappa shape index (κ3) is 9.15. The van der Waals surface area contributed by atoms with Gasteiger partial charge in [-0.15, -0.1) is 0 Å². The predicted molar refractivity (Wildman–Crippen MR) is 112 cm³/mol. The predicted octanol–water partition coefficient (Wildman–Crippen LogP) is 1.60. The molecule has 0 aliphatic heterocycles. The number of carbonyl (C=O) groups is 4. The van der Waals surface area contributed by atoms with Crippen LogP contribution in [-0.2, 0) is 14.4 Å². The maximum atomic E-state index is 12.2. The molecule has 0 aliphatic rings. The molecule has 160 valence electrons. The molecule has 8 nitrogen and oxygen atoms in total. The second kappa shape index (κ2) is 11.0. The molecule has 0 heterocycles. The number of hydrogen-bond acceptors (Lipinski definition) is 4. The normalized spacial score (nSPS) is 10.8. The third-order valence-corrected chi connectivity index (χ3v) is 4.15. The highest BCUT2D eigenvalue weighted by Gasteiger charge is 2.20. The number of rotatable bonds is 8. The van der Waals surface area contributed by atoms with Crippen molar-refractivity contribution in [2.24, 2.45) is 0 Å². The van der Waals surface area contributed by atoms with Crippen LogP contribution in [0.15, 0.2) is 18.2 Å². The molecule has 0 radical (unpaired) electrons. The molecular weight excluding hydrogens is 419 g/mol. The van der Waals surface area contributed by atoms with Gasteiger partial charge in [-0.25, -0.2) is 0 Å². The van der Waals surface area contributed by atoms with Gasteiger partial charge in [0.2, 0.25) is 17.7 Å². The van der Waals surface area contributed by atoms with Crippen LogP contribution < -0.4 is 16.0 Å². The second-order valence-electron chi connectivity index (χ2n) is 7.29. The molecule has 4 amide bonds. The Labute approximate surface area is 180 Å². The molecule has 0 saturated carbocycles. The molecule has 0 aliphatic carbocycles. The summed E-state index contributed by atoms with van der Waals surface area (Å²) in [6.07, 6.45) is 0. The molecule has 29 heavy (non-hydrogen) atoms. The van der Waals surface area contributed by atoms with E-state index in [1.165, 1.54) is 23.1 Å². The number of likely N-dealkylation sites (N-methyl/N-ethyl adjacent to an activating group) is 1. The quantitative estimate of drug-likeness (QED) is 0.565.